The first-order valence-corrected chi connectivity index (χ1v) is 7.16. The van der Waals surface area contributed by atoms with Crippen molar-refractivity contribution in [2.75, 3.05) is 12.4 Å². The lowest BCUT2D eigenvalue weighted by Gasteiger charge is -2.11. The molecule has 6 nitrogen and oxygen atoms in total. The number of hydrogen-bond acceptors (Lipinski definition) is 4. The molecule has 0 atom stereocenters. The number of methoxy groups -OCH3 is 1. The first-order chi connectivity index (χ1) is 10.5. The molecular formula is C15H16ClN3O3. The number of rotatable bonds is 5. The quantitative estimate of drug-likeness (QED) is 0.918. The van der Waals surface area contributed by atoms with E-state index in [2.05, 4.69) is 10.4 Å². The number of carbonyl (C=O) groups is 1. The number of benzene rings is 1. The zero-order valence-electron chi connectivity index (χ0n) is 12.3. The number of halogens is 1. The summed E-state index contributed by atoms with van der Waals surface area (Å²) in [6, 6.07) is 7.62. The fourth-order valence-corrected chi connectivity index (χ4v) is 2.08. The van der Waals surface area contributed by atoms with Crippen LogP contribution in [0.5, 0.6) is 5.75 Å². The molecule has 0 saturated carbocycles. The second kappa shape index (κ2) is 7.09. The van der Waals surface area contributed by atoms with E-state index in [1.165, 1.54) is 23.9 Å². The number of nitrogens with zero attached hydrogens (tertiary/aromatic N) is 2. The third-order valence-electron chi connectivity index (χ3n) is 2.94. The van der Waals surface area contributed by atoms with Gasteiger partial charge in [0.2, 0.25) is 0 Å². The van der Waals surface area contributed by atoms with Crippen molar-refractivity contribution in [1.82, 2.24) is 9.78 Å². The van der Waals surface area contributed by atoms with Crippen LogP contribution >= 0.6 is 11.6 Å². The Hall–Kier alpha value is -2.34. The summed E-state index contributed by atoms with van der Waals surface area (Å²) in [7, 11) is 1.50. The van der Waals surface area contributed by atoms with Crippen LogP contribution in [0.25, 0.3) is 0 Å². The Balaban J connectivity index is 2.28. The number of ether oxygens (including phenoxy) is 1. The second-order valence-electron chi connectivity index (χ2n) is 4.58. The summed E-state index contributed by atoms with van der Waals surface area (Å²) in [5, 5.41) is 7.21. The molecule has 0 aliphatic heterocycles. The van der Waals surface area contributed by atoms with Crippen LogP contribution in [0.4, 0.5) is 5.69 Å². The van der Waals surface area contributed by atoms with Crippen LogP contribution in [0.15, 0.2) is 35.1 Å². The average molecular weight is 322 g/mol. The van der Waals surface area contributed by atoms with E-state index < -0.39 is 5.91 Å². The number of carbonyl (C=O) groups excluding carboxylic acids is 1. The van der Waals surface area contributed by atoms with E-state index in [4.69, 9.17) is 16.3 Å². The Morgan fingerprint density at radius 1 is 1.36 bits per heavy atom. The zero-order chi connectivity index (χ0) is 16.1. The van der Waals surface area contributed by atoms with Gasteiger partial charge in [-0.1, -0.05) is 18.5 Å². The molecule has 0 bridgehead atoms. The lowest BCUT2D eigenvalue weighted by molar-refractivity contribution is 0.101. The molecule has 1 aromatic carbocycles. The molecule has 0 fully saturated rings. The summed E-state index contributed by atoms with van der Waals surface area (Å²) >= 11 is 5.92. The van der Waals surface area contributed by atoms with E-state index in [-0.39, 0.29) is 11.3 Å². The van der Waals surface area contributed by atoms with Gasteiger partial charge in [0.1, 0.15) is 11.4 Å². The van der Waals surface area contributed by atoms with Crippen molar-refractivity contribution < 1.29 is 9.53 Å². The molecule has 1 amide bonds. The minimum Gasteiger partial charge on any atom is -0.495 e. The van der Waals surface area contributed by atoms with Gasteiger partial charge in [-0.2, -0.15) is 5.10 Å². The van der Waals surface area contributed by atoms with Gasteiger partial charge in [-0.15, -0.1) is 0 Å². The van der Waals surface area contributed by atoms with E-state index in [9.17, 15) is 9.59 Å². The molecule has 1 aromatic heterocycles. The van der Waals surface area contributed by atoms with Gasteiger partial charge in [-0.25, -0.2) is 4.68 Å². The Bertz CT molecular complexity index is 743. The monoisotopic (exact) mass is 321 g/mol. The minimum absolute atomic E-state index is 0.148. The van der Waals surface area contributed by atoms with Crippen molar-refractivity contribution in [3.63, 3.8) is 0 Å². The van der Waals surface area contributed by atoms with Gasteiger partial charge in [-0.3, -0.25) is 9.59 Å². The summed E-state index contributed by atoms with van der Waals surface area (Å²) in [5.41, 5.74) is 0.351. The lowest BCUT2D eigenvalue weighted by Crippen LogP contribution is -2.26. The predicted octanol–water partition coefficient (Wildman–Crippen LogP) is 2.57. The third kappa shape index (κ3) is 3.65. The molecule has 2 rings (SSSR count). The van der Waals surface area contributed by atoms with Gasteiger partial charge >= 0.3 is 0 Å². The third-order valence-corrected chi connectivity index (χ3v) is 3.18. The Morgan fingerprint density at radius 2 is 2.14 bits per heavy atom. The number of nitrogens with one attached hydrogen (secondary N) is 1. The van der Waals surface area contributed by atoms with E-state index in [1.54, 1.807) is 18.2 Å². The molecular weight excluding hydrogens is 306 g/mol. The second-order valence-corrected chi connectivity index (χ2v) is 5.02. The van der Waals surface area contributed by atoms with E-state index in [0.717, 1.165) is 6.42 Å². The fraction of sp³-hybridized carbons (Fsp3) is 0.267. The maximum absolute atomic E-state index is 12.3. The smallest absolute Gasteiger partial charge is 0.276 e. The van der Waals surface area contributed by atoms with Crippen LogP contribution in [0.2, 0.25) is 5.02 Å². The SMILES string of the molecule is CCCn1nc(C(=O)Nc2cc(Cl)ccc2OC)ccc1=O. The Morgan fingerprint density at radius 3 is 2.82 bits per heavy atom. The highest BCUT2D eigenvalue weighted by Gasteiger charge is 2.13. The summed E-state index contributed by atoms with van der Waals surface area (Å²) in [5.74, 6) is 0.0463. The van der Waals surface area contributed by atoms with Crippen LogP contribution in [-0.2, 0) is 6.54 Å². The van der Waals surface area contributed by atoms with Crippen LogP contribution < -0.4 is 15.6 Å². The van der Waals surface area contributed by atoms with Crippen LogP contribution in [-0.4, -0.2) is 22.8 Å². The molecule has 1 N–H and O–H groups in total. The average Bonchev–Trinajstić information content (AvgIpc) is 2.50. The molecule has 0 spiro atoms. The highest BCUT2D eigenvalue weighted by Crippen LogP contribution is 2.27. The lowest BCUT2D eigenvalue weighted by atomic mass is 10.2. The molecule has 0 aliphatic carbocycles. The standard InChI is InChI=1S/C15H16ClN3O3/c1-3-8-19-14(20)7-5-11(18-19)15(21)17-12-9-10(16)4-6-13(12)22-2/h4-7,9H,3,8H2,1-2H3,(H,17,21). The van der Waals surface area contributed by atoms with Crippen molar-refractivity contribution in [2.24, 2.45) is 0 Å². The molecule has 22 heavy (non-hydrogen) atoms. The van der Waals surface area contributed by atoms with Gasteiger partial charge in [0.15, 0.2) is 0 Å². The molecule has 0 aliphatic rings. The molecule has 0 radical (unpaired) electrons. The minimum atomic E-state index is -0.439. The van der Waals surface area contributed by atoms with Crippen molar-refractivity contribution >= 4 is 23.2 Å². The number of hydrogen-bond donors (Lipinski definition) is 1. The van der Waals surface area contributed by atoms with Gasteiger partial charge < -0.3 is 10.1 Å². The van der Waals surface area contributed by atoms with Gasteiger partial charge in [0, 0.05) is 17.6 Å². The largest absolute Gasteiger partial charge is 0.495 e. The van der Waals surface area contributed by atoms with Gasteiger partial charge in [0.25, 0.3) is 11.5 Å². The summed E-state index contributed by atoms with van der Waals surface area (Å²) < 4.78 is 6.44. The zero-order valence-corrected chi connectivity index (χ0v) is 13.1. The highest BCUT2D eigenvalue weighted by molar-refractivity contribution is 6.31. The number of amides is 1. The molecule has 116 valence electrons. The predicted molar refractivity (Wildman–Crippen MR) is 84.7 cm³/mol. The maximum Gasteiger partial charge on any atom is 0.276 e. The summed E-state index contributed by atoms with van der Waals surface area (Å²) in [6.07, 6.45) is 0.750. The number of aryl methyl sites for hydroxylation is 1. The van der Waals surface area contributed by atoms with Crippen molar-refractivity contribution in [3.05, 3.63) is 51.4 Å². The Kier molecular flexibility index (Phi) is 5.16. The normalized spacial score (nSPS) is 10.3. The molecule has 1 heterocycles. The number of aromatic nitrogens is 2. The summed E-state index contributed by atoms with van der Waals surface area (Å²) in [4.78, 5) is 23.9. The van der Waals surface area contributed by atoms with Gasteiger partial charge in [0.05, 0.1) is 12.8 Å². The van der Waals surface area contributed by atoms with Crippen LogP contribution in [0.3, 0.4) is 0 Å². The molecule has 2 aromatic rings. The van der Waals surface area contributed by atoms with Crippen molar-refractivity contribution in [3.8, 4) is 5.75 Å². The Labute approximate surface area is 132 Å². The summed E-state index contributed by atoms with van der Waals surface area (Å²) in [6.45, 7) is 2.39. The first-order valence-electron chi connectivity index (χ1n) is 6.78. The van der Waals surface area contributed by atoms with Crippen molar-refractivity contribution in [2.45, 2.75) is 19.9 Å². The highest BCUT2D eigenvalue weighted by atomic mass is 35.5. The van der Waals surface area contributed by atoms with E-state index in [1.807, 2.05) is 6.92 Å². The van der Waals surface area contributed by atoms with Crippen molar-refractivity contribution in [1.29, 1.82) is 0 Å². The molecule has 7 heteroatoms. The van der Waals surface area contributed by atoms with Gasteiger partial charge in [-0.05, 0) is 30.7 Å². The van der Waals surface area contributed by atoms with E-state index >= 15 is 0 Å². The first kappa shape index (κ1) is 16.0. The topological polar surface area (TPSA) is 73.2 Å². The van der Waals surface area contributed by atoms with Crippen LogP contribution in [0, 0.1) is 0 Å². The van der Waals surface area contributed by atoms with Crippen LogP contribution in [0.1, 0.15) is 23.8 Å². The maximum atomic E-state index is 12.3. The molecule has 0 saturated heterocycles. The molecule has 0 unspecified atom stereocenters. The fourth-order valence-electron chi connectivity index (χ4n) is 1.91. The number of anilines is 1. The van der Waals surface area contributed by atoms with E-state index in [0.29, 0.717) is 23.0 Å².